The van der Waals surface area contributed by atoms with Crippen molar-refractivity contribution >= 4 is 11.9 Å². The first-order chi connectivity index (χ1) is 13.5. The first kappa shape index (κ1) is 21.0. The topological polar surface area (TPSA) is 72.5 Å². The van der Waals surface area contributed by atoms with Gasteiger partial charge in [-0.3, -0.25) is 4.79 Å². The number of benzene rings is 2. The minimum absolute atomic E-state index is 0.229. The molecule has 0 heterocycles. The predicted molar refractivity (Wildman–Crippen MR) is 106 cm³/mol. The normalized spacial score (nSPS) is 10.5. The van der Waals surface area contributed by atoms with E-state index in [4.69, 9.17) is 28.4 Å². The highest BCUT2D eigenvalue weighted by Crippen LogP contribution is 2.39. The highest BCUT2D eigenvalue weighted by atomic mass is 16.5. The van der Waals surface area contributed by atoms with Gasteiger partial charge in [-0.1, -0.05) is 6.08 Å². The molecule has 0 aromatic heterocycles. The fourth-order valence-electron chi connectivity index (χ4n) is 2.69. The van der Waals surface area contributed by atoms with Crippen molar-refractivity contribution in [1.82, 2.24) is 0 Å². The number of rotatable bonds is 9. The zero-order valence-electron chi connectivity index (χ0n) is 16.8. The first-order valence-electron chi connectivity index (χ1n) is 8.35. The summed E-state index contributed by atoms with van der Waals surface area (Å²) in [6.45, 7) is 0. The summed E-state index contributed by atoms with van der Waals surface area (Å²) in [4.78, 5) is 12.7. The number of allylic oxidation sites excluding steroid dienone is 1. The third-order valence-electron chi connectivity index (χ3n) is 4.06. The second-order valence-corrected chi connectivity index (χ2v) is 5.57. The molecular weight excluding hydrogens is 364 g/mol. The summed E-state index contributed by atoms with van der Waals surface area (Å²) in [5, 5.41) is 0. The van der Waals surface area contributed by atoms with Gasteiger partial charge in [0.15, 0.2) is 28.8 Å². The lowest BCUT2D eigenvalue weighted by Crippen LogP contribution is -2.00. The summed E-state index contributed by atoms with van der Waals surface area (Å²) >= 11 is 0. The molecule has 28 heavy (non-hydrogen) atoms. The molecule has 2 aromatic carbocycles. The third-order valence-corrected chi connectivity index (χ3v) is 4.06. The van der Waals surface area contributed by atoms with Gasteiger partial charge in [-0.15, -0.1) is 0 Å². The van der Waals surface area contributed by atoms with E-state index < -0.39 is 0 Å². The van der Waals surface area contributed by atoms with Crippen molar-refractivity contribution in [2.45, 2.75) is 0 Å². The van der Waals surface area contributed by atoms with Crippen LogP contribution in [0.25, 0.3) is 6.08 Å². The molecule has 0 aliphatic carbocycles. The predicted octanol–water partition coefficient (Wildman–Crippen LogP) is 3.63. The summed E-state index contributed by atoms with van der Waals surface area (Å²) in [7, 11) is 9.10. The van der Waals surface area contributed by atoms with Gasteiger partial charge in [0.05, 0.1) is 42.7 Å². The lowest BCUT2D eigenvalue weighted by Gasteiger charge is -2.13. The Labute approximate surface area is 164 Å². The van der Waals surface area contributed by atoms with Crippen molar-refractivity contribution in [3.63, 3.8) is 0 Å². The van der Waals surface area contributed by atoms with Crippen molar-refractivity contribution in [3.8, 4) is 34.5 Å². The average Bonchev–Trinajstić information content (AvgIpc) is 2.75. The van der Waals surface area contributed by atoms with Crippen molar-refractivity contribution < 1.29 is 33.2 Å². The van der Waals surface area contributed by atoms with E-state index in [-0.39, 0.29) is 5.78 Å². The standard InChI is InChI=1S/C21H24O7/c1-23-16-9-13(10-17(24-2)20(16)27-5)7-8-15(22)14-11-18(25-3)21(28-6)19(12-14)26-4/h7-12H,1-6H3/b8-7+. The van der Waals surface area contributed by atoms with Crippen molar-refractivity contribution in [3.05, 3.63) is 41.5 Å². The van der Waals surface area contributed by atoms with Crippen LogP contribution in [0.1, 0.15) is 15.9 Å². The highest BCUT2D eigenvalue weighted by Gasteiger charge is 2.16. The number of carbonyl (C=O) groups excluding carboxylic acids is 1. The van der Waals surface area contributed by atoms with Gasteiger partial charge in [-0.2, -0.15) is 0 Å². The molecule has 0 saturated heterocycles. The van der Waals surface area contributed by atoms with Crippen LogP contribution in [0.15, 0.2) is 30.3 Å². The molecule has 0 saturated carbocycles. The minimum Gasteiger partial charge on any atom is -0.493 e. The highest BCUT2D eigenvalue weighted by molar-refractivity contribution is 6.07. The van der Waals surface area contributed by atoms with Gasteiger partial charge in [-0.05, 0) is 35.9 Å². The molecule has 0 spiro atoms. The molecule has 0 fully saturated rings. The Hall–Kier alpha value is -3.35. The summed E-state index contributed by atoms with van der Waals surface area (Å²) < 4.78 is 31.8. The smallest absolute Gasteiger partial charge is 0.203 e. The maximum absolute atomic E-state index is 12.7. The summed E-state index contributed by atoms with van der Waals surface area (Å²) in [5.74, 6) is 2.50. The summed E-state index contributed by atoms with van der Waals surface area (Å²) in [5.41, 5.74) is 1.12. The van der Waals surface area contributed by atoms with E-state index >= 15 is 0 Å². The van der Waals surface area contributed by atoms with Crippen molar-refractivity contribution in [2.75, 3.05) is 42.7 Å². The van der Waals surface area contributed by atoms with Gasteiger partial charge < -0.3 is 28.4 Å². The fourth-order valence-corrected chi connectivity index (χ4v) is 2.69. The van der Waals surface area contributed by atoms with Crippen LogP contribution in [-0.4, -0.2) is 48.4 Å². The number of methoxy groups -OCH3 is 6. The van der Waals surface area contributed by atoms with Crippen molar-refractivity contribution in [2.24, 2.45) is 0 Å². The van der Waals surface area contributed by atoms with E-state index in [0.717, 1.165) is 5.56 Å². The lowest BCUT2D eigenvalue weighted by molar-refractivity contribution is 0.104. The van der Waals surface area contributed by atoms with Crippen LogP contribution < -0.4 is 28.4 Å². The molecule has 0 atom stereocenters. The summed E-state index contributed by atoms with van der Waals surface area (Å²) in [6, 6.07) is 6.70. The second-order valence-electron chi connectivity index (χ2n) is 5.57. The minimum atomic E-state index is -0.229. The fraction of sp³-hybridized carbons (Fsp3) is 0.286. The molecule has 7 nitrogen and oxygen atoms in total. The SMILES string of the molecule is COc1cc(/C=C/C(=O)c2cc(OC)c(OC)c(OC)c2)cc(OC)c1OC. The number of ketones is 1. The zero-order valence-corrected chi connectivity index (χ0v) is 16.8. The van der Waals surface area contributed by atoms with Crippen LogP contribution in [0.4, 0.5) is 0 Å². The van der Waals surface area contributed by atoms with E-state index in [1.54, 1.807) is 30.3 Å². The number of hydrogen-bond donors (Lipinski definition) is 0. The van der Waals surface area contributed by atoms with Crippen LogP contribution in [0.5, 0.6) is 34.5 Å². The van der Waals surface area contributed by atoms with Crippen LogP contribution in [0, 0.1) is 0 Å². The molecule has 0 N–H and O–H groups in total. The Bertz CT molecular complexity index is 821. The van der Waals surface area contributed by atoms with Crippen LogP contribution in [-0.2, 0) is 0 Å². The van der Waals surface area contributed by atoms with E-state index in [1.807, 2.05) is 0 Å². The van der Waals surface area contributed by atoms with Gasteiger partial charge in [0, 0.05) is 5.56 Å². The molecule has 2 aromatic rings. The molecule has 0 amide bonds. The number of carbonyl (C=O) groups is 1. The van der Waals surface area contributed by atoms with Gasteiger partial charge in [0.1, 0.15) is 0 Å². The maximum atomic E-state index is 12.7. The molecule has 0 unspecified atom stereocenters. The molecule has 0 aliphatic rings. The Kier molecular flexibility index (Phi) is 7.14. The Morgan fingerprint density at radius 1 is 0.643 bits per heavy atom. The van der Waals surface area contributed by atoms with Crippen molar-refractivity contribution in [1.29, 1.82) is 0 Å². The van der Waals surface area contributed by atoms with Gasteiger partial charge in [0.25, 0.3) is 0 Å². The average molecular weight is 388 g/mol. The molecule has 0 radical (unpaired) electrons. The molecule has 7 heteroatoms. The third kappa shape index (κ3) is 4.31. The van der Waals surface area contributed by atoms with E-state index in [1.165, 1.54) is 48.7 Å². The van der Waals surface area contributed by atoms with Gasteiger partial charge in [-0.25, -0.2) is 0 Å². The Morgan fingerprint density at radius 2 is 1.04 bits per heavy atom. The molecule has 0 bridgehead atoms. The van der Waals surface area contributed by atoms with E-state index in [0.29, 0.717) is 40.1 Å². The van der Waals surface area contributed by atoms with Gasteiger partial charge in [0.2, 0.25) is 11.5 Å². The second kappa shape index (κ2) is 9.55. The largest absolute Gasteiger partial charge is 0.493 e. The van der Waals surface area contributed by atoms with E-state index in [2.05, 4.69) is 0 Å². The zero-order chi connectivity index (χ0) is 20.7. The van der Waals surface area contributed by atoms with Crippen LogP contribution in [0.2, 0.25) is 0 Å². The molecule has 2 rings (SSSR count). The first-order valence-corrected chi connectivity index (χ1v) is 8.35. The van der Waals surface area contributed by atoms with Crippen LogP contribution in [0.3, 0.4) is 0 Å². The molecular formula is C21H24O7. The monoisotopic (exact) mass is 388 g/mol. The number of hydrogen-bond acceptors (Lipinski definition) is 7. The maximum Gasteiger partial charge on any atom is 0.203 e. The Balaban J connectivity index is 2.38. The molecule has 0 aliphatic heterocycles. The quantitative estimate of drug-likeness (QED) is 0.480. The lowest BCUT2D eigenvalue weighted by atomic mass is 10.1. The Morgan fingerprint density at radius 3 is 1.39 bits per heavy atom. The summed E-state index contributed by atoms with van der Waals surface area (Å²) in [6.07, 6.45) is 3.11. The van der Waals surface area contributed by atoms with Gasteiger partial charge >= 0.3 is 0 Å². The van der Waals surface area contributed by atoms with Crippen LogP contribution >= 0.6 is 0 Å². The molecule has 150 valence electrons. The van der Waals surface area contributed by atoms with E-state index in [9.17, 15) is 4.79 Å². The number of ether oxygens (including phenoxy) is 6.